The van der Waals surface area contributed by atoms with Crippen LogP contribution in [0.4, 0.5) is 5.82 Å². The average Bonchev–Trinajstić information content (AvgIpc) is 2.28. The van der Waals surface area contributed by atoms with Gasteiger partial charge in [-0.1, -0.05) is 6.42 Å². The number of aryl methyl sites for hydroxylation is 2. The number of rotatable bonds is 7. The minimum absolute atomic E-state index is 0.935. The predicted octanol–water partition coefficient (Wildman–Crippen LogP) is 3.04. The molecule has 0 atom stereocenters. The summed E-state index contributed by atoms with van der Waals surface area (Å²) < 4.78 is 0. The Bertz CT molecular complexity index is 315. The number of thioether (sulfide) groups is 1. The van der Waals surface area contributed by atoms with E-state index in [1.807, 2.05) is 25.6 Å². The molecule has 0 aliphatic heterocycles. The maximum absolute atomic E-state index is 4.43. The van der Waals surface area contributed by atoms with Gasteiger partial charge in [-0.25, -0.2) is 4.98 Å². The predicted molar refractivity (Wildman–Crippen MR) is 72.2 cm³/mol. The van der Waals surface area contributed by atoms with Gasteiger partial charge in [0.2, 0.25) is 0 Å². The van der Waals surface area contributed by atoms with Crippen LogP contribution in [0.3, 0.4) is 0 Å². The third-order valence-corrected chi connectivity index (χ3v) is 3.09. The lowest BCUT2D eigenvalue weighted by molar-refractivity contribution is 0.747. The molecule has 1 N–H and O–H groups in total. The van der Waals surface area contributed by atoms with Gasteiger partial charge in [0.15, 0.2) is 0 Å². The molecule has 0 bridgehead atoms. The highest BCUT2D eigenvalue weighted by Gasteiger charge is 2.00. The molecule has 1 rings (SSSR count). The zero-order valence-electron chi connectivity index (χ0n) is 10.4. The van der Waals surface area contributed by atoms with Crippen molar-refractivity contribution < 1.29 is 0 Å². The summed E-state index contributed by atoms with van der Waals surface area (Å²) in [5.74, 6) is 2.20. The molecular formula is C12H21N3S. The van der Waals surface area contributed by atoms with Gasteiger partial charge in [0.1, 0.15) is 5.82 Å². The second-order valence-corrected chi connectivity index (χ2v) is 4.91. The number of nitrogens with one attached hydrogen (secondary N) is 1. The van der Waals surface area contributed by atoms with Gasteiger partial charge in [-0.2, -0.15) is 11.8 Å². The van der Waals surface area contributed by atoms with Gasteiger partial charge in [-0.05, 0) is 38.7 Å². The molecule has 0 saturated carbocycles. The molecule has 90 valence electrons. The fourth-order valence-corrected chi connectivity index (χ4v) is 1.95. The molecule has 0 aliphatic rings. The highest BCUT2D eigenvalue weighted by Crippen LogP contribution is 2.09. The summed E-state index contributed by atoms with van der Waals surface area (Å²) in [6, 6.07) is 0. The largest absolute Gasteiger partial charge is 0.369 e. The highest BCUT2D eigenvalue weighted by molar-refractivity contribution is 7.98. The standard InChI is InChI=1S/C12H21N3S/c1-10-9-14-11(2)12(15-10)13-7-5-4-6-8-16-3/h9H,4-8H2,1-3H3,(H,13,15). The maximum atomic E-state index is 4.43. The van der Waals surface area contributed by atoms with E-state index in [4.69, 9.17) is 0 Å². The number of unbranched alkanes of at least 4 members (excludes halogenated alkanes) is 2. The first-order chi connectivity index (χ1) is 7.74. The Morgan fingerprint density at radius 3 is 2.81 bits per heavy atom. The lowest BCUT2D eigenvalue weighted by atomic mass is 10.2. The fraction of sp³-hybridized carbons (Fsp3) is 0.667. The zero-order chi connectivity index (χ0) is 11.8. The van der Waals surface area contributed by atoms with Crippen molar-refractivity contribution in [3.63, 3.8) is 0 Å². The van der Waals surface area contributed by atoms with Crippen LogP contribution < -0.4 is 5.32 Å². The van der Waals surface area contributed by atoms with Crippen molar-refractivity contribution in [2.75, 3.05) is 23.9 Å². The Morgan fingerprint density at radius 1 is 1.25 bits per heavy atom. The van der Waals surface area contributed by atoms with E-state index >= 15 is 0 Å². The van der Waals surface area contributed by atoms with Gasteiger partial charge in [0, 0.05) is 12.7 Å². The van der Waals surface area contributed by atoms with Crippen LogP contribution in [0.15, 0.2) is 6.20 Å². The van der Waals surface area contributed by atoms with E-state index < -0.39 is 0 Å². The normalized spacial score (nSPS) is 10.4. The molecule has 4 heteroatoms. The molecule has 0 fully saturated rings. The third-order valence-electron chi connectivity index (χ3n) is 2.39. The van der Waals surface area contributed by atoms with Crippen molar-refractivity contribution in [1.29, 1.82) is 0 Å². The molecule has 3 nitrogen and oxygen atoms in total. The molecule has 0 aliphatic carbocycles. The van der Waals surface area contributed by atoms with Gasteiger partial charge >= 0.3 is 0 Å². The molecule has 16 heavy (non-hydrogen) atoms. The summed E-state index contributed by atoms with van der Waals surface area (Å²) in [7, 11) is 0. The van der Waals surface area contributed by atoms with Crippen LogP contribution in [0.25, 0.3) is 0 Å². The Balaban J connectivity index is 2.23. The number of hydrogen-bond acceptors (Lipinski definition) is 4. The quantitative estimate of drug-likeness (QED) is 0.742. The van der Waals surface area contributed by atoms with Crippen molar-refractivity contribution in [2.45, 2.75) is 33.1 Å². The summed E-state index contributed by atoms with van der Waals surface area (Å²) >= 11 is 1.92. The van der Waals surface area contributed by atoms with Gasteiger partial charge in [-0.3, -0.25) is 4.98 Å². The maximum Gasteiger partial charge on any atom is 0.147 e. The summed E-state index contributed by atoms with van der Waals surface area (Å²) in [6.45, 7) is 4.95. The van der Waals surface area contributed by atoms with Crippen molar-refractivity contribution in [3.05, 3.63) is 17.6 Å². The SMILES string of the molecule is CSCCCCCNc1nc(C)cnc1C. The second-order valence-electron chi connectivity index (χ2n) is 3.93. The third kappa shape index (κ3) is 4.84. The fourth-order valence-electron chi connectivity index (χ4n) is 1.46. The number of nitrogens with zero attached hydrogens (tertiary/aromatic N) is 2. The Morgan fingerprint density at radius 2 is 2.06 bits per heavy atom. The van der Waals surface area contributed by atoms with E-state index in [1.54, 1.807) is 6.20 Å². The van der Waals surface area contributed by atoms with E-state index in [-0.39, 0.29) is 0 Å². The zero-order valence-corrected chi connectivity index (χ0v) is 11.2. The molecule has 0 unspecified atom stereocenters. The Hall–Kier alpha value is -0.770. The Labute approximate surface area is 102 Å². The molecule has 0 spiro atoms. The van der Waals surface area contributed by atoms with Crippen LogP contribution >= 0.6 is 11.8 Å². The lowest BCUT2D eigenvalue weighted by Gasteiger charge is -2.08. The Kier molecular flexibility index (Phi) is 6.23. The smallest absolute Gasteiger partial charge is 0.147 e. The molecule has 0 amide bonds. The van der Waals surface area contributed by atoms with Crippen LogP contribution in [-0.2, 0) is 0 Å². The van der Waals surface area contributed by atoms with E-state index in [2.05, 4.69) is 21.5 Å². The van der Waals surface area contributed by atoms with Gasteiger partial charge in [-0.15, -0.1) is 0 Å². The number of anilines is 1. The van der Waals surface area contributed by atoms with Crippen LogP contribution in [0.2, 0.25) is 0 Å². The van der Waals surface area contributed by atoms with E-state index in [9.17, 15) is 0 Å². The monoisotopic (exact) mass is 239 g/mol. The topological polar surface area (TPSA) is 37.8 Å². The summed E-state index contributed by atoms with van der Waals surface area (Å²) in [6.07, 6.45) is 7.76. The van der Waals surface area contributed by atoms with Crippen LogP contribution in [0.5, 0.6) is 0 Å². The molecule has 1 aromatic heterocycles. The summed E-state index contributed by atoms with van der Waals surface area (Å²) in [5, 5.41) is 3.35. The molecule has 1 heterocycles. The molecule has 0 saturated heterocycles. The van der Waals surface area contributed by atoms with Crippen molar-refractivity contribution >= 4 is 17.6 Å². The first kappa shape index (κ1) is 13.3. The van der Waals surface area contributed by atoms with Crippen molar-refractivity contribution in [2.24, 2.45) is 0 Å². The van der Waals surface area contributed by atoms with E-state index in [1.165, 1.54) is 25.0 Å². The first-order valence-electron chi connectivity index (χ1n) is 5.77. The number of aromatic nitrogens is 2. The van der Waals surface area contributed by atoms with Gasteiger partial charge in [0.25, 0.3) is 0 Å². The molecular weight excluding hydrogens is 218 g/mol. The molecule has 1 aromatic rings. The minimum Gasteiger partial charge on any atom is -0.369 e. The summed E-state index contributed by atoms with van der Waals surface area (Å²) in [4.78, 5) is 8.71. The minimum atomic E-state index is 0.935. The van der Waals surface area contributed by atoms with E-state index in [0.717, 1.165) is 23.8 Å². The van der Waals surface area contributed by atoms with Crippen LogP contribution in [0, 0.1) is 13.8 Å². The van der Waals surface area contributed by atoms with Crippen molar-refractivity contribution in [3.8, 4) is 0 Å². The lowest BCUT2D eigenvalue weighted by Crippen LogP contribution is -2.06. The highest BCUT2D eigenvalue weighted by atomic mass is 32.2. The number of hydrogen-bond donors (Lipinski definition) is 1. The molecule has 0 radical (unpaired) electrons. The average molecular weight is 239 g/mol. The van der Waals surface area contributed by atoms with Crippen LogP contribution in [-0.4, -0.2) is 28.5 Å². The summed E-state index contributed by atoms with van der Waals surface area (Å²) in [5.41, 5.74) is 1.95. The second kappa shape index (κ2) is 7.49. The van der Waals surface area contributed by atoms with Gasteiger partial charge in [0.05, 0.1) is 11.4 Å². The van der Waals surface area contributed by atoms with Gasteiger partial charge < -0.3 is 5.32 Å². The van der Waals surface area contributed by atoms with Crippen LogP contribution in [0.1, 0.15) is 30.7 Å². The first-order valence-corrected chi connectivity index (χ1v) is 7.16. The molecule has 0 aromatic carbocycles. The van der Waals surface area contributed by atoms with Crippen molar-refractivity contribution in [1.82, 2.24) is 9.97 Å². The van der Waals surface area contributed by atoms with E-state index in [0.29, 0.717) is 0 Å².